The maximum atomic E-state index is 10.5. The zero-order valence-corrected chi connectivity index (χ0v) is 13.8. The van der Waals surface area contributed by atoms with Crippen molar-refractivity contribution in [3.63, 3.8) is 0 Å². The molecule has 0 radical (unpaired) electrons. The molecule has 110 valence electrons. The van der Waals surface area contributed by atoms with Gasteiger partial charge in [0.15, 0.2) is 0 Å². The van der Waals surface area contributed by atoms with Crippen LogP contribution in [0.2, 0.25) is 5.02 Å². The highest BCUT2D eigenvalue weighted by atomic mass is 127. The quantitative estimate of drug-likeness (QED) is 0.665. The van der Waals surface area contributed by atoms with Gasteiger partial charge in [-0.25, -0.2) is 9.78 Å². The summed E-state index contributed by atoms with van der Waals surface area (Å²) in [4.78, 5) is 14.7. The molecular formula is C13H17ClIN3O2. The Kier molecular flexibility index (Phi) is 5.71. The van der Waals surface area contributed by atoms with Gasteiger partial charge in [-0.2, -0.15) is 0 Å². The van der Waals surface area contributed by atoms with Gasteiger partial charge in [0.25, 0.3) is 0 Å². The van der Waals surface area contributed by atoms with Crippen molar-refractivity contribution in [3.8, 4) is 0 Å². The summed E-state index contributed by atoms with van der Waals surface area (Å²) in [5.41, 5.74) is 0. The van der Waals surface area contributed by atoms with Crippen molar-refractivity contribution in [3.05, 3.63) is 20.9 Å². The number of halogens is 2. The number of carbonyl (C=O) groups is 1. The molecule has 2 rings (SSSR count). The first-order valence-corrected chi connectivity index (χ1v) is 8.04. The standard InChI is InChI=1S/C13H17ClIN3O2/c14-10-7-16-12(5-11(10)15)18-9-3-1-8(2-4-9)6-17-13(19)20/h5,7-9,17H,1-4,6H2,(H,16,18)(H,19,20)/t8-,9-. The van der Waals surface area contributed by atoms with E-state index in [0.717, 1.165) is 35.1 Å². The third-order valence-corrected chi connectivity index (χ3v) is 5.06. The molecule has 0 atom stereocenters. The number of carboxylic acid groups (broad SMARTS) is 1. The number of aromatic nitrogens is 1. The monoisotopic (exact) mass is 409 g/mol. The molecule has 1 fully saturated rings. The molecule has 0 bridgehead atoms. The summed E-state index contributed by atoms with van der Waals surface area (Å²) >= 11 is 8.14. The Hall–Kier alpha value is -0.760. The summed E-state index contributed by atoms with van der Waals surface area (Å²) in [7, 11) is 0. The minimum Gasteiger partial charge on any atom is -0.465 e. The minimum atomic E-state index is -0.940. The third kappa shape index (κ3) is 4.66. The second-order valence-corrected chi connectivity index (χ2v) is 6.60. The van der Waals surface area contributed by atoms with Crippen LogP contribution in [0.4, 0.5) is 10.6 Å². The smallest absolute Gasteiger partial charge is 0.404 e. The average Bonchev–Trinajstić information content (AvgIpc) is 2.42. The minimum absolute atomic E-state index is 0.403. The van der Waals surface area contributed by atoms with E-state index in [2.05, 4.69) is 38.2 Å². The number of hydrogen-bond donors (Lipinski definition) is 3. The van der Waals surface area contributed by atoms with Crippen LogP contribution in [-0.4, -0.2) is 28.8 Å². The molecule has 3 N–H and O–H groups in total. The summed E-state index contributed by atoms with van der Waals surface area (Å²) in [6, 6.07) is 2.35. The number of amides is 1. The average molecular weight is 410 g/mol. The Bertz CT molecular complexity index is 479. The highest BCUT2D eigenvalue weighted by molar-refractivity contribution is 14.1. The Morgan fingerprint density at radius 2 is 2.15 bits per heavy atom. The molecule has 1 saturated carbocycles. The summed E-state index contributed by atoms with van der Waals surface area (Å²) in [5.74, 6) is 1.30. The maximum absolute atomic E-state index is 10.5. The highest BCUT2D eigenvalue weighted by Gasteiger charge is 2.21. The molecule has 0 unspecified atom stereocenters. The van der Waals surface area contributed by atoms with E-state index in [0.29, 0.717) is 23.5 Å². The summed E-state index contributed by atoms with van der Waals surface area (Å²) in [5, 5.41) is 15.1. The van der Waals surface area contributed by atoms with Gasteiger partial charge in [-0.15, -0.1) is 0 Å². The topological polar surface area (TPSA) is 74.2 Å². The van der Waals surface area contributed by atoms with E-state index in [1.54, 1.807) is 6.20 Å². The van der Waals surface area contributed by atoms with Gasteiger partial charge >= 0.3 is 6.09 Å². The van der Waals surface area contributed by atoms with Crippen LogP contribution in [0.25, 0.3) is 0 Å². The van der Waals surface area contributed by atoms with Crippen molar-refractivity contribution in [1.29, 1.82) is 0 Å². The maximum Gasteiger partial charge on any atom is 0.404 e. The Morgan fingerprint density at radius 3 is 2.75 bits per heavy atom. The normalized spacial score (nSPS) is 22.3. The molecule has 1 aliphatic rings. The predicted octanol–water partition coefficient (Wildman–Crippen LogP) is 3.58. The fourth-order valence-corrected chi connectivity index (χ4v) is 2.98. The van der Waals surface area contributed by atoms with Gasteiger partial charge in [-0.05, 0) is 60.3 Å². The molecule has 1 amide bonds. The van der Waals surface area contributed by atoms with Gasteiger partial charge in [0.1, 0.15) is 5.82 Å². The van der Waals surface area contributed by atoms with Crippen LogP contribution < -0.4 is 10.6 Å². The van der Waals surface area contributed by atoms with Crippen molar-refractivity contribution in [2.45, 2.75) is 31.7 Å². The molecule has 0 aliphatic heterocycles. The van der Waals surface area contributed by atoms with E-state index in [1.165, 1.54) is 0 Å². The number of hydrogen-bond acceptors (Lipinski definition) is 3. The van der Waals surface area contributed by atoms with Gasteiger partial charge < -0.3 is 15.7 Å². The Balaban J connectivity index is 1.79. The van der Waals surface area contributed by atoms with Gasteiger partial charge in [0.05, 0.1) is 5.02 Å². The number of pyridine rings is 1. The molecule has 5 nitrogen and oxygen atoms in total. The predicted molar refractivity (Wildman–Crippen MR) is 87.4 cm³/mol. The second-order valence-electron chi connectivity index (χ2n) is 5.03. The van der Waals surface area contributed by atoms with Crippen LogP contribution >= 0.6 is 34.2 Å². The molecular weight excluding hydrogens is 393 g/mol. The third-order valence-electron chi connectivity index (χ3n) is 3.55. The van der Waals surface area contributed by atoms with Crippen molar-refractivity contribution in [1.82, 2.24) is 10.3 Å². The first kappa shape index (κ1) is 15.6. The molecule has 1 aliphatic carbocycles. The van der Waals surface area contributed by atoms with Crippen LogP contribution in [0.5, 0.6) is 0 Å². The molecule has 0 saturated heterocycles. The van der Waals surface area contributed by atoms with Crippen molar-refractivity contribution < 1.29 is 9.90 Å². The van der Waals surface area contributed by atoms with Crippen molar-refractivity contribution >= 4 is 46.1 Å². The lowest BCUT2D eigenvalue weighted by Gasteiger charge is -2.29. The highest BCUT2D eigenvalue weighted by Crippen LogP contribution is 2.27. The van der Waals surface area contributed by atoms with Crippen molar-refractivity contribution in [2.75, 3.05) is 11.9 Å². The molecule has 1 aromatic rings. The van der Waals surface area contributed by atoms with E-state index in [9.17, 15) is 4.79 Å². The summed E-state index contributed by atoms with van der Waals surface area (Å²) in [6.45, 7) is 0.555. The molecule has 0 spiro atoms. The second kappa shape index (κ2) is 7.31. The van der Waals surface area contributed by atoms with Crippen LogP contribution in [-0.2, 0) is 0 Å². The first-order valence-electron chi connectivity index (χ1n) is 6.59. The summed E-state index contributed by atoms with van der Waals surface area (Å²) in [6.07, 6.45) is 4.85. The molecule has 1 heterocycles. The van der Waals surface area contributed by atoms with E-state index in [4.69, 9.17) is 16.7 Å². The van der Waals surface area contributed by atoms with Crippen LogP contribution in [0.1, 0.15) is 25.7 Å². The number of anilines is 1. The Labute approximate surface area is 136 Å². The van der Waals surface area contributed by atoms with Crippen LogP contribution in [0.3, 0.4) is 0 Å². The zero-order valence-electron chi connectivity index (χ0n) is 10.9. The van der Waals surface area contributed by atoms with Gasteiger partial charge in [0, 0.05) is 22.4 Å². The van der Waals surface area contributed by atoms with E-state index in [1.807, 2.05) is 6.07 Å². The van der Waals surface area contributed by atoms with Crippen molar-refractivity contribution in [2.24, 2.45) is 5.92 Å². The summed E-state index contributed by atoms with van der Waals surface area (Å²) < 4.78 is 0.987. The lowest BCUT2D eigenvalue weighted by atomic mass is 9.86. The fraction of sp³-hybridized carbons (Fsp3) is 0.538. The lowest BCUT2D eigenvalue weighted by molar-refractivity contribution is 0.190. The molecule has 0 aromatic carbocycles. The van der Waals surface area contributed by atoms with Gasteiger partial charge in [-0.1, -0.05) is 11.6 Å². The molecule has 1 aromatic heterocycles. The number of rotatable bonds is 4. The van der Waals surface area contributed by atoms with Gasteiger partial charge in [-0.3, -0.25) is 0 Å². The van der Waals surface area contributed by atoms with Gasteiger partial charge in [0.2, 0.25) is 0 Å². The lowest BCUT2D eigenvalue weighted by Crippen LogP contribution is -2.33. The fourth-order valence-electron chi connectivity index (χ4n) is 2.44. The zero-order chi connectivity index (χ0) is 14.5. The molecule has 7 heteroatoms. The number of nitrogens with zero attached hydrogens (tertiary/aromatic N) is 1. The molecule has 20 heavy (non-hydrogen) atoms. The Morgan fingerprint density at radius 1 is 1.45 bits per heavy atom. The van der Waals surface area contributed by atoms with E-state index < -0.39 is 6.09 Å². The van der Waals surface area contributed by atoms with Crippen LogP contribution in [0, 0.1) is 9.49 Å². The SMILES string of the molecule is O=C(O)NC[C@H]1CC[C@H](Nc2cc(I)c(Cl)cn2)CC1. The number of nitrogens with one attached hydrogen (secondary N) is 2. The first-order chi connectivity index (χ1) is 9.54. The van der Waals surface area contributed by atoms with E-state index >= 15 is 0 Å². The largest absolute Gasteiger partial charge is 0.465 e. The van der Waals surface area contributed by atoms with Crippen LogP contribution in [0.15, 0.2) is 12.3 Å². The van der Waals surface area contributed by atoms with E-state index in [-0.39, 0.29) is 0 Å².